The van der Waals surface area contributed by atoms with E-state index in [0.29, 0.717) is 28.9 Å². The monoisotopic (exact) mass is 546 g/mol. The van der Waals surface area contributed by atoms with Gasteiger partial charge in [-0.1, -0.05) is 36.4 Å². The number of dihydropyridines is 1. The highest BCUT2D eigenvalue weighted by molar-refractivity contribution is 6.00. The number of nitrogens with zero attached hydrogens (tertiary/aromatic N) is 2. The number of aromatic nitrogens is 2. The molecule has 0 saturated heterocycles. The summed E-state index contributed by atoms with van der Waals surface area (Å²) in [5, 5.41) is 14.4. The Balaban J connectivity index is 1.54. The average molecular weight is 547 g/mol. The van der Waals surface area contributed by atoms with Gasteiger partial charge in [-0.2, -0.15) is 0 Å². The SMILES string of the molecule is COC(=O)C1=C(C)NC(C)=C(C(=O)OCC(F)=Cc2ccc(Cc3ncc[nH]3)cc2)C1c1cccc([N+](=O)[O-])c1. The lowest BCUT2D eigenvalue weighted by molar-refractivity contribution is -0.384. The zero-order valence-electron chi connectivity index (χ0n) is 22.1. The Morgan fingerprint density at radius 1 is 1.10 bits per heavy atom. The minimum Gasteiger partial charge on any atom is -0.466 e. The van der Waals surface area contributed by atoms with Crippen molar-refractivity contribution in [3.05, 3.63) is 122 Å². The molecule has 11 heteroatoms. The van der Waals surface area contributed by atoms with E-state index in [0.717, 1.165) is 11.4 Å². The number of carbonyl (C=O) groups excluding carboxylic acids is 2. The van der Waals surface area contributed by atoms with Crippen LogP contribution in [0, 0.1) is 10.1 Å². The van der Waals surface area contributed by atoms with Crippen LogP contribution < -0.4 is 5.32 Å². The Hall–Kier alpha value is -5.06. The Morgan fingerprint density at radius 2 is 1.80 bits per heavy atom. The van der Waals surface area contributed by atoms with Crippen LogP contribution in [-0.4, -0.2) is 40.5 Å². The van der Waals surface area contributed by atoms with E-state index in [1.807, 2.05) is 12.1 Å². The van der Waals surface area contributed by atoms with Gasteiger partial charge in [0.2, 0.25) is 0 Å². The molecule has 0 amide bonds. The molecule has 1 aromatic heterocycles. The van der Waals surface area contributed by atoms with Gasteiger partial charge in [0.25, 0.3) is 5.69 Å². The molecular weight excluding hydrogens is 519 g/mol. The largest absolute Gasteiger partial charge is 0.466 e. The van der Waals surface area contributed by atoms with Gasteiger partial charge in [-0.15, -0.1) is 0 Å². The number of non-ortho nitro benzene ring substituents is 1. The lowest BCUT2D eigenvalue weighted by Crippen LogP contribution is -2.32. The number of hydrogen-bond acceptors (Lipinski definition) is 8. The van der Waals surface area contributed by atoms with Crippen molar-refractivity contribution in [3.63, 3.8) is 0 Å². The maximum atomic E-state index is 14.8. The van der Waals surface area contributed by atoms with Crippen LogP contribution in [0.2, 0.25) is 0 Å². The summed E-state index contributed by atoms with van der Waals surface area (Å²) in [5.74, 6) is -2.52. The molecule has 1 aliphatic rings. The van der Waals surface area contributed by atoms with E-state index in [9.17, 15) is 24.1 Å². The van der Waals surface area contributed by atoms with Crippen molar-refractivity contribution in [3.8, 4) is 0 Å². The second-order valence-corrected chi connectivity index (χ2v) is 9.10. The molecule has 3 aromatic rings. The number of hydrogen-bond donors (Lipinski definition) is 2. The molecule has 2 aromatic carbocycles. The summed E-state index contributed by atoms with van der Waals surface area (Å²) in [7, 11) is 1.19. The summed E-state index contributed by atoms with van der Waals surface area (Å²) in [6.07, 6.45) is 5.27. The number of benzene rings is 2. The number of nitrogens with one attached hydrogen (secondary N) is 2. The van der Waals surface area contributed by atoms with Gasteiger partial charge in [0.1, 0.15) is 18.3 Å². The number of rotatable bonds is 9. The number of methoxy groups -OCH3 is 1. The van der Waals surface area contributed by atoms with Gasteiger partial charge in [0.05, 0.1) is 29.1 Å². The predicted octanol–water partition coefficient (Wildman–Crippen LogP) is 4.87. The number of imidazole rings is 1. The third-order valence-electron chi connectivity index (χ3n) is 6.37. The molecule has 0 fully saturated rings. The molecule has 1 atom stereocenters. The molecule has 0 radical (unpaired) electrons. The highest BCUT2D eigenvalue weighted by atomic mass is 19.1. The minimum absolute atomic E-state index is 0.0153. The zero-order valence-corrected chi connectivity index (χ0v) is 22.1. The minimum atomic E-state index is -1.03. The van der Waals surface area contributed by atoms with Gasteiger partial charge < -0.3 is 19.8 Å². The van der Waals surface area contributed by atoms with Crippen molar-refractivity contribution in [2.75, 3.05) is 13.7 Å². The molecular formula is C29H27FN4O6. The zero-order chi connectivity index (χ0) is 28.8. The van der Waals surface area contributed by atoms with E-state index in [2.05, 4.69) is 15.3 Å². The third kappa shape index (κ3) is 6.32. The van der Waals surface area contributed by atoms with Gasteiger partial charge in [-0.3, -0.25) is 10.1 Å². The number of halogens is 1. The highest BCUT2D eigenvalue weighted by Crippen LogP contribution is 2.40. The van der Waals surface area contributed by atoms with Crippen LogP contribution in [0.5, 0.6) is 0 Å². The molecule has 2 N–H and O–H groups in total. The van der Waals surface area contributed by atoms with Crippen LogP contribution in [0.3, 0.4) is 0 Å². The van der Waals surface area contributed by atoms with Crippen LogP contribution in [0.4, 0.5) is 10.1 Å². The van der Waals surface area contributed by atoms with Crippen LogP contribution in [0.15, 0.2) is 89.3 Å². The van der Waals surface area contributed by atoms with E-state index < -0.39 is 35.2 Å². The lowest BCUT2D eigenvalue weighted by atomic mass is 9.80. The number of H-pyrrole nitrogens is 1. The summed E-state index contributed by atoms with van der Waals surface area (Å²) in [4.78, 5) is 44.1. The van der Waals surface area contributed by atoms with E-state index >= 15 is 0 Å². The second-order valence-electron chi connectivity index (χ2n) is 9.10. The van der Waals surface area contributed by atoms with Crippen molar-refractivity contribution < 1.29 is 28.4 Å². The summed E-state index contributed by atoms with van der Waals surface area (Å²) in [5.41, 5.74) is 2.55. The number of aromatic amines is 1. The van der Waals surface area contributed by atoms with Crippen LogP contribution in [0.1, 0.15) is 42.3 Å². The quantitative estimate of drug-likeness (QED) is 0.220. The molecule has 0 aliphatic carbocycles. The van der Waals surface area contributed by atoms with Gasteiger partial charge >= 0.3 is 11.9 Å². The maximum Gasteiger partial charge on any atom is 0.337 e. The molecule has 10 nitrogen and oxygen atoms in total. The first kappa shape index (κ1) is 28.0. The molecule has 1 aliphatic heterocycles. The standard InChI is InChI=1S/C29H27FN4O6/c1-17-25(28(35)39-3)27(21-5-4-6-23(15-21)34(37)38)26(18(2)33-17)29(36)40-16-22(30)13-19-7-9-20(10-8-19)14-24-31-11-12-32-24/h4-13,15,27,33H,14,16H2,1-3H3,(H,31,32). The normalized spacial score (nSPS) is 15.5. The van der Waals surface area contributed by atoms with Gasteiger partial charge in [-0.05, 0) is 36.6 Å². The first-order valence-corrected chi connectivity index (χ1v) is 12.3. The molecule has 4 rings (SSSR count). The highest BCUT2D eigenvalue weighted by Gasteiger charge is 2.38. The second kappa shape index (κ2) is 12.2. The Morgan fingerprint density at radius 3 is 2.42 bits per heavy atom. The summed E-state index contributed by atoms with van der Waals surface area (Å²) in [6, 6.07) is 12.8. The fourth-order valence-electron chi connectivity index (χ4n) is 4.55. The number of nitro benzene ring substituents is 1. The fourth-order valence-corrected chi connectivity index (χ4v) is 4.55. The smallest absolute Gasteiger partial charge is 0.337 e. The summed E-state index contributed by atoms with van der Waals surface area (Å²) >= 11 is 0. The first-order valence-electron chi connectivity index (χ1n) is 12.3. The van der Waals surface area contributed by atoms with Crippen molar-refractivity contribution >= 4 is 23.7 Å². The van der Waals surface area contributed by atoms with Gasteiger partial charge in [0, 0.05) is 42.3 Å². The molecule has 0 saturated carbocycles. The van der Waals surface area contributed by atoms with E-state index in [1.54, 1.807) is 44.4 Å². The van der Waals surface area contributed by atoms with Crippen LogP contribution in [-0.2, 0) is 25.5 Å². The number of carbonyl (C=O) groups is 2. The number of nitro groups is 1. The topological polar surface area (TPSA) is 136 Å². The van der Waals surface area contributed by atoms with Gasteiger partial charge in [-0.25, -0.2) is 19.0 Å². The lowest BCUT2D eigenvalue weighted by Gasteiger charge is -2.30. The van der Waals surface area contributed by atoms with Crippen molar-refractivity contribution in [1.82, 2.24) is 15.3 Å². The predicted molar refractivity (Wildman–Crippen MR) is 144 cm³/mol. The number of esters is 2. The molecule has 0 spiro atoms. The Labute approximate surface area is 229 Å². The van der Waals surface area contributed by atoms with E-state index in [-0.39, 0.29) is 16.8 Å². The fraction of sp³-hybridized carbons (Fsp3) is 0.207. The molecule has 0 bridgehead atoms. The van der Waals surface area contributed by atoms with Crippen LogP contribution >= 0.6 is 0 Å². The average Bonchev–Trinajstić information content (AvgIpc) is 3.45. The number of ether oxygens (including phenoxy) is 2. The molecule has 206 valence electrons. The number of allylic oxidation sites excluding steroid dienone is 2. The Bertz CT molecular complexity index is 1520. The third-order valence-corrected chi connectivity index (χ3v) is 6.37. The van der Waals surface area contributed by atoms with Crippen LogP contribution in [0.25, 0.3) is 6.08 Å². The van der Waals surface area contributed by atoms with Gasteiger partial charge in [0.15, 0.2) is 0 Å². The summed E-state index contributed by atoms with van der Waals surface area (Å²) in [6.45, 7) is 2.58. The van der Waals surface area contributed by atoms with E-state index in [4.69, 9.17) is 9.47 Å². The van der Waals surface area contributed by atoms with Crippen molar-refractivity contribution in [1.29, 1.82) is 0 Å². The van der Waals surface area contributed by atoms with Crippen molar-refractivity contribution in [2.24, 2.45) is 0 Å². The maximum absolute atomic E-state index is 14.8. The van der Waals surface area contributed by atoms with Crippen molar-refractivity contribution in [2.45, 2.75) is 26.2 Å². The molecule has 2 heterocycles. The molecule has 1 unspecified atom stereocenters. The molecule has 40 heavy (non-hydrogen) atoms. The van der Waals surface area contributed by atoms with E-state index in [1.165, 1.54) is 31.4 Å². The Kier molecular flexibility index (Phi) is 8.53. The first-order chi connectivity index (χ1) is 19.2. The summed E-state index contributed by atoms with van der Waals surface area (Å²) < 4.78 is 25.0.